The first kappa shape index (κ1) is 22.6. The van der Waals surface area contributed by atoms with Crippen LogP contribution in [0.3, 0.4) is 0 Å². The molecule has 6 nitrogen and oxygen atoms in total. The number of benzene rings is 3. The van der Waals surface area contributed by atoms with E-state index in [9.17, 15) is 9.59 Å². The molecule has 0 saturated carbocycles. The number of thioether (sulfide) groups is 1. The molecule has 1 amide bonds. The van der Waals surface area contributed by atoms with Gasteiger partial charge in [0.05, 0.1) is 29.9 Å². The summed E-state index contributed by atoms with van der Waals surface area (Å²) < 4.78 is 10.7. The average Bonchev–Trinajstić information content (AvgIpc) is 3.11. The normalized spacial score (nSPS) is 16.1. The summed E-state index contributed by atoms with van der Waals surface area (Å²) in [6.45, 7) is 2.66. The molecule has 0 radical (unpaired) electrons. The summed E-state index contributed by atoms with van der Waals surface area (Å²) in [7, 11) is 3.05. The number of amidine groups is 1. The summed E-state index contributed by atoms with van der Waals surface area (Å²) in [6.07, 6.45) is 2.78. The number of rotatable bonds is 6. The molecule has 168 valence electrons. The molecule has 0 spiro atoms. The number of hydrogen-bond donors (Lipinski definition) is 0. The molecular weight excluding hydrogens is 436 g/mol. The molecule has 0 bridgehead atoms. The fraction of sp³-hybridized carbons (Fsp3) is 0.192. The Balaban J connectivity index is 1.69. The zero-order valence-electron chi connectivity index (χ0n) is 18.7. The molecule has 1 aliphatic heterocycles. The third-order valence-electron chi connectivity index (χ3n) is 5.18. The molecule has 0 aromatic heterocycles. The van der Waals surface area contributed by atoms with Gasteiger partial charge < -0.3 is 9.47 Å². The maximum absolute atomic E-state index is 13.0. The number of esters is 1. The summed E-state index contributed by atoms with van der Waals surface area (Å²) in [5.41, 5.74) is 1.97. The van der Waals surface area contributed by atoms with Crippen molar-refractivity contribution in [3.05, 3.63) is 76.7 Å². The number of likely N-dealkylation sites (N-methyl/N-ethyl adjacent to an activating group) is 1. The van der Waals surface area contributed by atoms with E-state index in [-0.39, 0.29) is 5.91 Å². The van der Waals surface area contributed by atoms with E-state index in [4.69, 9.17) is 9.47 Å². The number of fused-ring (bicyclic) bond motifs is 1. The second-order valence-corrected chi connectivity index (χ2v) is 8.46. The number of carbonyl (C=O) groups is 2. The molecule has 1 aliphatic rings. The Morgan fingerprint density at radius 1 is 1.09 bits per heavy atom. The molecule has 1 fully saturated rings. The van der Waals surface area contributed by atoms with Crippen molar-refractivity contribution in [2.45, 2.75) is 13.3 Å². The number of carbonyl (C=O) groups excluding carboxylic acids is 2. The van der Waals surface area contributed by atoms with E-state index in [1.165, 1.54) is 23.8 Å². The Morgan fingerprint density at radius 2 is 1.85 bits per heavy atom. The molecule has 0 unspecified atom stereocenters. The van der Waals surface area contributed by atoms with Gasteiger partial charge in [0.2, 0.25) is 0 Å². The van der Waals surface area contributed by atoms with Gasteiger partial charge in [-0.25, -0.2) is 9.79 Å². The van der Waals surface area contributed by atoms with Crippen molar-refractivity contribution in [2.75, 3.05) is 20.8 Å². The van der Waals surface area contributed by atoms with Gasteiger partial charge in [-0.15, -0.1) is 0 Å². The van der Waals surface area contributed by atoms with Crippen LogP contribution in [0.15, 0.2) is 70.6 Å². The molecule has 33 heavy (non-hydrogen) atoms. The van der Waals surface area contributed by atoms with Gasteiger partial charge in [-0.05, 0) is 65.4 Å². The van der Waals surface area contributed by atoms with Gasteiger partial charge in [0.25, 0.3) is 5.91 Å². The van der Waals surface area contributed by atoms with Crippen molar-refractivity contribution in [3.63, 3.8) is 0 Å². The first-order chi connectivity index (χ1) is 16.0. The Bertz CT molecular complexity index is 1270. The highest BCUT2D eigenvalue weighted by Gasteiger charge is 2.31. The summed E-state index contributed by atoms with van der Waals surface area (Å²) in [6, 6.07) is 18.8. The topological polar surface area (TPSA) is 68.2 Å². The number of methoxy groups -OCH3 is 1. The molecule has 0 atom stereocenters. The van der Waals surface area contributed by atoms with Crippen LogP contribution in [0.5, 0.6) is 5.75 Å². The van der Waals surface area contributed by atoms with Gasteiger partial charge in [0.1, 0.15) is 5.75 Å². The Kier molecular flexibility index (Phi) is 6.79. The van der Waals surface area contributed by atoms with Crippen LogP contribution < -0.4 is 4.74 Å². The molecule has 4 rings (SSSR count). The monoisotopic (exact) mass is 460 g/mol. The first-order valence-corrected chi connectivity index (χ1v) is 11.4. The van der Waals surface area contributed by atoms with Gasteiger partial charge in [-0.3, -0.25) is 9.69 Å². The van der Waals surface area contributed by atoms with Crippen molar-refractivity contribution >= 4 is 51.3 Å². The zero-order chi connectivity index (χ0) is 23.4. The van der Waals surface area contributed by atoms with Crippen molar-refractivity contribution in [1.82, 2.24) is 4.90 Å². The smallest absolute Gasteiger partial charge is 0.337 e. The highest BCUT2D eigenvalue weighted by molar-refractivity contribution is 8.18. The predicted molar refractivity (Wildman–Crippen MR) is 133 cm³/mol. The van der Waals surface area contributed by atoms with E-state index in [1.807, 2.05) is 42.5 Å². The number of amides is 1. The highest BCUT2D eigenvalue weighted by atomic mass is 32.2. The third-order valence-corrected chi connectivity index (χ3v) is 6.24. The van der Waals surface area contributed by atoms with Crippen molar-refractivity contribution in [2.24, 2.45) is 4.99 Å². The van der Waals surface area contributed by atoms with E-state index in [2.05, 4.69) is 11.9 Å². The summed E-state index contributed by atoms with van der Waals surface area (Å²) >= 11 is 1.31. The minimum atomic E-state index is -0.404. The Hall–Kier alpha value is -3.58. The second-order valence-electron chi connectivity index (χ2n) is 7.45. The van der Waals surface area contributed by atoms with Crippen molar-refractivity contribution in [1.29, 1.82) is 0 Å². The number of aliphatic imine (C=N–C) groups is 1. The minimum absolute atomic E-state index is 0.126. The molecule has 3 aromatic carbocycles. The maximum Gasteiger partial charge on any atom is 0.337 e. The lowest BCUT2D eigenvalue weighted by atomic mass is 10.0. The molecule has 1 saturated heterocycles. The lowest BCUT2D eigenvalue weighted by Crippen LogP contribution is -2.23. The summed E-state index contributed by atoms with van der Waals surface area (Å²) in [5, 5.41) is 2.67. The van der Waals surface area contributed by atoms with E-state index >= 15 is 0 Å². The first-order valence-electron chi connectivity index (χ1n) is 10.6. The Morgan fingerprint density at radius 3 is 2.58 bits per heavy atom. The van der Waals surface area contributed by atoms with Gasteiger partial charge >= 0.3 is 5.97 Å². The zero-order valence-corrected chi connectivity index (χ0v) is 19.5. The lowest BCUT2D eigenvalue weighted by Gasteiger charge is -2.12. The highest BCUT2D eigenvalue weighted by Crippen LogP contribution is 2.37. The van der Waals surface area contributed by atoms with E-state index in [1.54, 1.807) is 31.3 Å². The quantitative estimate of drug-likeness (QED) is 0.351. The minimum Gasteiger partial charge on any atom is -0.493 e. The van der Waals surface area contributed by atoms with Crippen LogP contribution in [0.4, 0.5) is 5.69 Å². The van der Waals surface area contributed by atoms with E-state index in [0.717, 1.165) is 28.5 Å². The molecular formula is C26H24N2O4S. The maximum atomic E-state index is 13.0. The van der Waals surface area contributed by atoms with Gasteiger partial charge in [-0.2, -0.15) is 0 Å². The largest absolute Gasteiger partial charge is 0.493 e. The number of nitrogens with zero attached hydrogens (tertiary/aromatic N) is 2. The Labute approximate surface area is 196 Å². The van der Waals surface area contributed by atoms with Crippen LogP contribution in [0.25, 0.3) is 16.8 Å². The second kappa shape index (κ2) is 9.92. The van der Waals surface area contributed by atoms with Crippen LogP contribution in [0.1, 0.15) is 29.3 Å². The number of hydrogen-bond acceptors (Lipinski definition) is 6. The fourth-order valence-corrected chi connectivity index (χ4v) is 4.41. The predicted octanol–water partition coefficient (Wildman–Crippen LogP) is 5.65. The van der Waals surface area contributed by atoms with Gasteiger partial charge in [-0.1, -0.05) is 37.3 Å². The molecule has 3 aromatic rings. The van der Waals surface area contributed by atoms with Crippen LogP contribution in [-0.4, -0.2) is 42.7 Å². The van der Waals surface area contributed by atoms with E-state index < -0.39 is 5.97 Å². The average molecular weight is 461 g/mol. The molecule has 7 heteroatoms. The standard InChI is InChI=1S/C26H24N2O4S/c1-4-15-32-22-14-11-17-7-5-6-8-20(17)21(22)16-23-24(29)28(2)26(33-23)27-19-12-9-18(10-13-19)25(30)31-3/h5-14,16H,4,15H2,1-3H3/b23-16-,27-26?. The molecule has 0 aliphatic carbocycles. The van der Waals surface area contributed by atoms with Gasteiger partial charge in [0, 0.05) is 12.6 Å². The van der Waals surface area contributed by atoms with Crippen molar-refractivity contribution < 1.29 is 19.1 Å². The fourth-order valence-electron chi connectivity index (χ4n) is 3.45. The van der Waals surface area contributed by atoms with Crippen LogP contribution in [0, 0.1) is 0 Å². The van der Waals surface area contributed by atoms with Crippen LogP contribution >= 0.6 is 11.8 Å². The summed E-state index contributed by atoms with van der Waals surface area (Å²) in [5.74, 6) is 0.223. The molecule has 0 N–H and O–H groups in total. The summed E-state index contributed by atoms with van der Waals surface area (Å²) in [4.78, 5) is 31.3. The number of ether oxygens (including phenoxy) is 2. The van der Waals surface area contributed by atoms with Crippen LogP contribution in [-0.2, 0) is 9.53 Å². The molecule has 1 heterocycles. The van der Waals surface area contributed by atoms with Gasteiger partial charge in [0.15, 0.2) is 5.17 Å². The lowest BCUT2D eigenvalue weighted by molar-refractivity contribution is -0.121. The third kappa shape index (κ3) is 4.78. The van der Waals surface area contributed by atoms with E-state index in [0.29, 0.717) is 27.9 Å². The van der Waals surface area contributed by atoms with Crippen LogP contribution in [0.2, 0.25) is 0 Å². The SMILES string of the molecule is CCCOc1ccc2ccccc2c1/C=C1\SC(=Nc2ccc(C(=O)OC)cc2)N(C)C1=O. The van der Waals surface area contributed by atoms with Crippen molar-refractivity contribution in [3.8, 4) is 5.75 Å².